The molecule has 0 aromatic rings. The maximum absolute atomic E-state index is 5.69. The van der Waals surface area contributed by atoms with Gasteiger partial charge in [0, 0.05) is 6.61 Å². The second-order valence-corrected chi connectivity index (χ2v) is 3.92. The summed E-state index contributed by atoms with van der Waals surface area (Å²) in [7, 11) is 0. The van der Waals surface area contributed by atoms with Gasteiger partial charge in [-0.1, -0.05) is 0 Å². The molecule has 0 saturated carbocycles. The molecule has 0 spiro atoms. The van der Waals surface area contributed by atoms with Crippen molar-refractivity contribution >= 4 is 0 Å². The maximum Gasteiger partial charge on any atom is 0.163 e. The van der Waals surface area contributed by atoms with Crippen LogP contribution in [-0.4, -0.2) is 31.2 Å². The quantitative estimate of drug-likeness (QED) is 0.597. The second-order valence-electron chi connectivity index (χ2n) is 3.92. The molecule has 2 atom stereocenters. The highest BCUT2D eigenvalue weighted by atomic mass is 16.7. The van der Waals surface area contributed by atoms with Gasteiger partial charge in [-0.2, -0.15) is 0 Å². The number of hydrogen-bond donors (Lipinski definition) is 0. The van der Waals surface area contributed by atoms with Crippen molar-refractivity contribution in [3.8, 4) is 0 Å². The van der Waals surface area contributed by atoms with E-state index < -0.39 is 5.79 Å². The average molecular weight is 172 g/mol. The van der Waals surface area contributed by atoms with Crippen LogP contribution in [0.25, 0.3) is 0 Å². The zero-order valence-electron chi connectivity index (χ0n) is 7.71. The summed E-state index contributed by atoms with van der Waals surface area (Å²) < 4.78 is 16.7. The highest BCUT2D eigenvalue weighted by Gasteiger charge is 2.38. The molecular weight excluding hydrogens is 156 g/mol. The third-order valence-corrected chi connectivity index (χ3v) is 2.41. The van der Waals surface area contributed by atoms with Crippen LogP contribution in [0.4, 0.5) is 0 Å². The second kappa shape index (κ2) is 2.98. The molecule has 2 aliphatic rings. The largest absolute Gasteiger partial charge is 0.375 e. The molecule has 2 fully saturated rings. The molecule has 0 radical (unpaired) electrons. The highest BCUT2D eigenvalue weighted by Crippen LogP contribution is 2.28. The van der Waals surface area contributed by atoms with Gasteiger partial charge in [0.25, 0.3) is 0 Å². The Balaban J connectivity index is 1.90. The molecule has 3 heteroatoms. The zero-order valence-corrected chi connectivity index (χ0v) is 7.71. The van der Waals surface area contributed by atoms with Crippen molar-refractivity contribution in [3.63, 3.8) is 0 Å². The molecule has 2 heterocycles. The fourth-order valence-corrected chi connectivity index (χ4v) is 1.79. The van der Waals surface area contributed by atoms with Crippen molar-refractivity contribution in [1.82, 2.24) is 0 Å². The number of rotatable bonds is 1. The molecule has 3 nitrogen and oxygen atoms in total. The molecule has 0 aromatic heterocycles. The van der Waals surface area contributed by atoms with Gasteiger partial charge in [0.2, 0.25) is 0 Å². The van der Waals surface area contributed by atoms with Crippen LogP contribution in [0.15, 0.2) is 0 Å². The van der Waals surface area contributed by atoms with Crippen molar-refractivity contribution in [1.29, 1.82) is 0 Å². The van der Waals surface area contributed by atoms with Gasteiger partial charge in [-0.05, 0) is 26.7 Å². The van der Waals surface area contributed by atoms with E-state index in [1.54, 1.807) is 0 Å². The minimum absolute atomic E-state index is 0.155. The van der Waals surface area contributed by atoms with E-state index in [2.05, 4.69) is 0 Å². The first-order valence-electron chi connectivity index (χ1n) is 4.61. The fourth-order valence-electron chi connectivity index (χ4n) is 1.79. The SMILES string of the molecule is CC1(C)OCC(C2CCCO2)O1. The molecule has 12 heavy (non-hydrogen) atoms. The molecule has 0 aromatic carbocycles. The average Bonchev–Trinajstić information content (AvgIpc) is 2.55. The van der Waals surface area contributed by atoms with Crippen molar-refractivity contribution in [2.75, 3.05) is 13.2 Å². The van der Waals surface area contributed by atoms with Crippen LogP contribution >= 0.6 is 0 Å². The lowest BCUT2D eigenvalue weighted by molar-refractivity contribution is -0.151. The maximum atomic E-state index is 5.69. The van der Waals surface area contributed by atoms with Crippen molar-refractivity contribution in [3.05, 3.63) is 0 Å². The van der Waals surface area contributed by atoms with Gasteiger partial charge in [0.1, 0.15) is 6.10 Å². The molecule has 2 unspecified atom stereocenters. The lowest BCUT2D eigenvalue weighted by Gasteiger charge is -2.20. The van der Waals surface area contributed by atoms with E-state index in [9.17, 15) is 0 Å². The molecule has 0 amide bonds. The Labute approximate surface area is 73.0 Å². The Kier molecular flexibility index (Phi) is 2.10. The van der Waals surface area contributed by atoms with Crippen molar-refractivity contribution in [2.45, 2.75) is 44.7 Å². The van der Waals surface area contributed by atoms with E-state index in [0.717, 1.165) is 19.4 Å². The van der Waals surface area contributed by atoms with E-state index in [-0.39, 0.29) is 12.2 Å². The predicted molar refractivity (Wildman–Crippen MR) is 43.9 cm³/mol. The van der Waals surface area contributed by atoms with Gasteiger partial charge in [-0.25, -0.2) is 0 Å². The van der Waals surface area contributed by atoms with Gasteiger partial charge < -0.3 is 14.2 Å². The first-order valence-corrected chi connectivity index (χ1v) is 4.61. The normalized spacial score (nSPS) is 40.5. The summed E-state index contributed by atoms with van der Waals surface area (Å²) in [6.45, 7) is 5.45. The smallest absolute Gasteiger partial charge is 0.163 e. The van der Waals surface area contributed by atoms with Crippen molar-refractivity contribution < 1.29 is 14.2 Å². The van der Waals surface area contributed by atoms with Crippen LogP contribution in [0.5, 0.6) is 0 Å². The lowest BCUT2D eigenvalue weighted by Crippen LogP contribution is -2.30. The number of ether oxygens (including phenoxy) is 3. The molecule has 0 N–H and O–H groups in total. The predicted octanol–water partition coefficient (Wildman–Crippen LogP) is 1.32. The fraction of sp³-hybridized carbons (Fsp3) is 1.00. The minimum atomic E-state index is -0.406. The van der Waals surface area contributed by atoms with Gasteiger partial charge >= 0.3 is 0 Å². The lowest BCUT2D eigenvalue weighted by atomic mass is 10.1. The van der Waals surface area contributed by atoms with Crippen LogP contribution in [-0.2, 0) is 14.2 Å². The molecule has 0 aliphatic carbocycles. The first-order chi connectivity index (χ1) is 5.67. The van der Waals surface area contributed by atoms with Gasteiger partial charge in [0.05, 0.1) is 12.7 Å². The van der Waals surface area contributed by atoms with Crippen LogP contribution in [0.1, 0.15) is 26.7 Å². The summed E-state index contributed by atoms with van der Waals surface area (Å²) in [5, 5.41) is 0. The number of hydrogen-bond acceptors (Lipinski definition) is 3. The standard InChI is InChI=1S/C9H16O3/c1-9(2)11-6-8(12-9)7-4-3-5-10-7/h7-8H,3-6H2,1-2H3. The Morgan fingerprint density at radius 2 is 2.08 bits per heavy atom. The minimum Gasteiger partial charge on any atom is -0.375 e. The van der Waals surface area contributed by atoms with Gasteiger partial charge in [0.15, 0.2) is 5.79 Å². The van der Waals surface area contributed by atoms with E-state index in [1.165, 1.54) is 0 Å². The molecule has 2 rings (SSSR count). The van der Waals surface area contributed by atoms with Crippen LogP contribution in [0.3, 0.4) is 0 Å². The summed E-state index contributed by atoms with van der Waals surface area (Å²) in [4.78, 5) is 0. The summed E-state index contributed by atoms with van der Waals surface area (Å²) in [5.41, 5.74) is 0. The zero-order chi connectivity index (χ0) is 8.60. The topological polar surface area (TPSA) is 27.7 Å². The van der Waals surface area contributed by atoms with Crippen LogP contribution in [0, 0.1) is 0 Å². The Morgan fingerprint density at radius 3 is 2.58 bits per heavy atom. The molecule has 2 aliphatic heterocycles. The highest BCUT2D eigenvalue weighted by molar-refractivity contribution is 4.81. The summed E-state index contributed by atoms with van der Waals surface area (Å²) in [6.07, 6.45) is 2.70. The van der Waals surface area contributed by atoms with Gasteiger partial charge in [-0.3, -0.25) is 0 Å². The van der Waals surface area contributed by atoms with E-state index in [4.69, 9.17) is 14.2 Å². The molecular formula is C9H16O3. The van der Waals surface area contributed by atoms with Crippen LogP contribution in [0.2, 0.25) is 0 Å². The molecule has 0 bridgehead atoms. The third kappa shape index (κ3) is 1.63. The summed E-state index contributed by atoms with van der Waals surface area (Å²) >= 11 is 0. The Morgan fingerprint density at radius 1 is 1.25 bits per heavy atom. The third-order valence-electron chi connectivity index (χ3n) is 2.41. The Bertz CT molecular complexity index is 161. The van der Waals surface area contributed by atoms with E-state index in [1.807, 2.05) is 13.8 Å². The van der Waals surface area contributed by atoms with Gasteiger partial charge in [-0.15, -0.1) is 0 Å². The monoisotopic (exact) mass is 172 g/mol. The van der Waals surface area contributed by atoms with Crippen LogP contribution < -0.4 is 0 Å². The Hall–Kier alpha value is -0.120. The summed E-state index contributed by atoms with van der Waals surface area (Å²) in [6, 6.07) is 0. The summed E-state index contributed by atoms with van der Waals surface area (Å²) in [5.74, 6) is -0.406. The first kappa shape index (κ1) is 8.48. The van der Waals surface area contributed by atoms with E-state index in [0.29, 0.717) is 6.61 Å². The molecule has 70 valence electrons. The molecule has 2 saturated heterocycles. The van der Waals surface area contributed by atoms with E-state index >= 15 is 0 Å². The van der Waals surface area contributed by atoms with Crippen molar-refractivity contribution in [2.24, 2.45) is 0 Å².